The molecule has 1 atom stereocenters. The smallest absolute Gasteiger partial charge is 0.319 e. The quantitative estimate of drug-likeness (QED) is 0.219. The third-order valence-corrected chi connectivity index (χ3v) is 11.7. The first-order chi connectivity index (χ1) is 26.7. The third-order valence-electron chi connectivity index (χ3n) is 11.7. The van der Waals surface area contributed by atoms with E-state index in [1.165, 1.54) is 6.20 Å². The predicted octanol–water partition coefficient (Wildman–Crippen LogP) is 4.87. The van der Waals surface area contributed by atoms with Crippen LogP contribution in [0.5, 0.6) is 0 Å². The van der Waals surface area contributed by atoms with Crippen LogP contribution >= 0.6 is 0 Å². The standard InChI is InChI=1S/C40H39F2N9O4/c41-40(42)50-32-9-13-43-23-30(32)27-3-1-25(21-34(27)50)31-5-7-35(46-45-31)49-15-11-24(12-16-49)10-14-47-17-19-48(20-18-47)26-2-4-28-29(22-26)39(55)51(38(28)54)33-6-8-36(52)44-37(33)53/h1-5,7,9,13,21-24,33,40H,6,8,10-12,14-20H2,(H,44,52,53). The first kappa shape index (κ1) is 34.9. The molecular weight excluding hydrogens is 708 g/mol. The Balaban J connectivity index is 0.758. The van der Waals surface area contributed by atoms with Gasteiger partial charge in [0.15, 0.2) is 5.82 Å². The van der Waals surface area contributed by atoms with Crippen molar-refractivity contribution in [1.82, 2.24) is 34.9 Å². The van der Waals surface area contributed by atoms with Crippen LogP contribution in [0.1, 0.15) is 59.4 Å². The molecule has 2 aromatic carbocycles. The molecule has 282 valence electrons. The van der Waals surface area contributed by atoms with Gasteiger partial charge < -0.3 is 9.80 Å². The number of imide groups is 2. The van der Waals surface area contributed by atoms with E-state index in [4.69, 9.17) is 0 Å². The number of fused-ring (bicyclic) bond motifs is 4. The van der Waals surface area contributed by atoms with Crippen LogP contribution in [0.15, 0.2) is 67.0 Å². The Bertz CT molecular complexity index is 2330. The Hall–Kier alpha value is -5.83. The summed E-state index contributed by atoms with van der Waals surface area (Å²) in [6.45, 7) is 3.48. The van der Waals surface area contributed by atoms with Gasteiger partial charge in [0.05, 0.1) is 27.9 Å². The van der Waals surface area contributed by atoms with Crippen LogP contribution in [-0.2, 0) is 9.59 Å². The lowest BCUT2D eigenvalue weighted by atomic mass is 9.93. The number of anilines is 2. The van der Waals surface area contributed by atoms with Gasteiger partial charge in [-0.15, -0.1) is 10.2 Å². The lowest BCUT2D eigenvalue weighted by molar-refractivity contribution is -0.136. The van der Waals surface area contributed by atoms with Gasteiger partial charge in [0.2, 0.25) is 11.8 Å². The van der Waals surface area contributed by atoms with Crippen molar-refractivity contribution < 1.29 is 28.0 Å². The molecule has 3 aromatic heterocycles. The van der Waals surface area contributed by atoms with Gasteiger partial charge in [0.25, 0.3) is 11.8 Å². The average molecular weight is 748 g/mol. The Labute approximate surface area is 314 Å². The summed E-state index contributed by atoms with van der Waals surface area (Å²) in [4.78, 5) is 62.5. The molecule has 55 heavy (non-hydrogen) atoms. The van der Waals surface area contributed by atoms with Crippen LogP contribution in [0.4, 0.5) is 20.3 Å². The van der Waals surface area contributed by atoms with Gasteiger partial charge >= 0.3 is 6.55 Å². The first-order valence-corrected chi connectivity index (χ1v) is 18.8. The molecule has 13 nitrogen and oxygen atoms in total. The fraction of sp³-hybridized carbons (Fsp3) is 0.375. The summed E-state index contributed by atoms with van der Waals surface area (Å²) in [5.74, 6) is -0.569. The number of aromatic nitrogens is 4. The fourth-order valence-corrected chi connectivity index (χ4v) is 8.61. The SMILES string of the molecule is O=C1CCC(N2C(=O)c3ccc(N4CCN(CCC5CCN(c6ccc(-c7ccc8c9cnccc9n(C(F)F)c8c7)nn6)CC5)CC4)cc3C2=O)C(=O)N1. The molecule has 1 unspecified atom stereocenters. The van der Waals surface area contributed by atoms with Crippen molar-refractivity contribution in [2.75, 3.05) is 55.6 Å². The van der Waals surface area contributed by atoms with Crippen molar-refractivity contribution in [3.8, 4) is 11.3 Å². The molecule has 1 N–H and O–H groups in total. The highest BCUT2D eigenvalue weighted by atomic mass is 19.3. The molecule has 0 saturated carbocycles. The first-order valence-electron chi connectivity index (χ1n) is 18.8. The molecule has 3 saturated heterocycles. The van der Waals surface area contributed by atoms with Crippen LogP contribution in [0.25, 0.3) is 33.1 Å². The number of carbonyl (C=O) groups is 4. The molecule has 9 rings (SSSR count). The minimum atomic E-state index is -2.69. The summed E-state index contributed by atoms with van der Waals surface area (Å²) in [5.41, 5.74) is 3.69. The molecule has 15 heteroatoms. The van der Waals surface area contributed by atoms with E-state index >= 15 is 0 Å². The molecular formula is C40H39F2N9O4. The monoisotopic (exact) mass is 747 g/mol. The van der Waals surface area contributed by atoms with E-state index in [0.29, 0.717) is 33.6 Å². The van der Waals surface area contributed by atoms with Gasteiger partial charge in [0.1, 0.15) is 6.04 Å². The van der Waals surface area contributed by atoms with Crippen LogP contribution < -0.4 is 15.1 Å². The molecule has 5 aromatic rings. The second-order valence-electron chi connectivity index (χ2n) is 14.8. The Morgan fingerprint density at radius 1 is 0.764 bits per heavy atom. The van der Waals surface area contributed by atoms with Crippen molar-refractivity contribution in [1.29, 1.82) is 0 Å². The minimum absolute atomic E-state index is 0.0886. The number of amides is 4. The van der Waals surface area contributed by atoms with Crippen molar-refractivity contribution in [2.45, 2.75) is 44.7 Å². The average Bonchev–Trinajstić information content (AvgIpc) is 3.67. The van der Waals surface area contributed by atoms with Crippen molar-refractivity contribution in [2.24, 2.45) is 5.92 Å². The van der Waals surface area contributed by atoms with Crippen LogP contribution in [0, 0.1) is 5.92 Å². The molecule has 7 heterocycles. The number of hydrogen-bond donors (Lipinski definition) is 1. The molecule has 0 bridgehead atoms. The van der Waals surface area contributed by atoms with Gasteiger partial charge in [-0.2, -0.15) is 8.78 Å². The van der Waals surface area contributed by atoms with E-state index in [2.05, 4.69) is 35.2 Å². The number of alkyl halides is 2. The normalized spacial score (nSPS) is 20.0. The number of benzene rings is 2. The van der Waals surface area contributed by atoms with Crippen LogP contribution in [0.3, 0.4) is 0 Å². The number of nitrogens with one attached hydrogen (secondary N) is 1. The van der Waals surface area contributed by atoms with Crippen molar-refractivity contribution in [3.63, 3.8) is 0 Å². The zero-order valence-electron chi connectivity index (χ0n) is 30.0. The lowest BCUT2D eigenvalue weighted by Gasteiger charge is -2.38. The van der Waals surface area contributed by atoms with Crippen LogP contribution in [0.2, 0.25) is 0 Å². The van der Waals surface area contributed by atoms with Gasteiger partial charge in [-0.3, -0.25) is 43.8 Å². The molecule has 4 amide bonds. The molecule has 0 radical (unpaired) electrons. The third kappa shape index (κ3) is 6.35. The molecule has 0 aliphatic carbocycles. The number of hydrogen-bond acceptors (Lipinski definition) is 10. The fourth-order valence-electron chi connectivity index (χ4n) is 8.61. The second kappa shape index (κ2) is 14.1. The van der Waals surface area contributed by atoms with Gasteiger partial charge in [-0.1, -0.05) is 12.1 Å². The maximum absolute atomic E-state index is 14.1. The molecule has 4 aliphatic rings. The number of pyridine rings is 1. The molecule has 0 spiro atoms. The zero-order valence-corrected chi connectivity index (χ0v) is 30.0. The van der Waals surface area contributed by atoms with E-state index in [0.717, 1.165) is 97.0 Å². The number of piperidine rings is 2. The number of nitrogens with zero attached hydrogens (tertiary/aromatic N) is 8. The summed E-state index contributed by atoms with van der Waals surface area (Å²) < 4.78 is 29.2. The number of carbonyl (C=O) groups excluding carboxylic acids is 4. The lowest BCUT2D eigenvalue weighted by Crippen LogP contribution is -2.54. The zero-order chi connectivity index (χ0) is 37.8. The van der Waals surface area contributed by atoms with E-state index in [-0.39, 0.29) is 18.4 Å². The van der Waals surface area contributed by atoms with Gasteiger partial charge in [0, 0.05) is 80.1 Å². The maximum atomic E-state index is 14.1. The highest BCUT2D eigenvalue weighted by Gasteiger charge is 2.45. The highest BCUT2D eigenvalue weighted by Crippen LogP contribution is 2.35. The number of halogens is 2. The molecule has 4 aliphatic heterocycles. The second-order valence-corrected chi connectivity index (χ2v) is 14.8. The molecule has 3 fully saturated rings. The summed E-state index contributed by atoms with van der Waals surface area (Å²) in [5, 5.41) is 12.7. The van der Waals surface area contributed by atoms with E-state index in [1.807, 2.05) is 30.3 Å². The van der Waals surface area contributed by atoms with Crippen molar-refractivity contribution in [3.05, 3.63) is 78.1 Å². The van der Waals surface area contributed by atoms with Gasteiger partial charge in [-0.25, -0.2) is 0 Å². The summed E-state index contributed by atoms with van der Waals surface area (Å²) in [6, 6.07) is 15.3. The highest BCUT2D eigenvalue weighted by molar-refractivity contribution is 6.23. The largest absolute Gasteiger partial charge is 0.369 e. The van der Waals surface area contributed by atoms with E-state index in [9.17, 15) is 28.0 Å². The Morgan fingerprint density at radius 3 is 2.31 bits per heavy atom. The number of piperazine rings is 1. The van der Waals surface area contributed by atoms with Crippen LogP contribution in [-0.4, -0.2) is 105 Å². The minimum Gasteiger partial charge on any atom is -0.369 e. The number of rotatable bonds is 8. The predicted molar refractivity (Wildman–Crippen MR) is 201 cm³/mol. The Kier molecular flexibility index (Phi) is 8.95. The summed E-state index contributed by atoms with van der Waals surface area (Å²) in [7, 11) is 0. The summed E-state index contributed by atoms with van der Waals surface area (Å²) >= 11 is 0. The van der Waals surface area contributed by atoms with E-state index < -0.39 is 36.2 Å². The Morgan fingerprint density at radius 2 is 1.56 bits per heavy atom. The summed E-state index contributed by atoms with van der Waals surface area (Å²) in [6.07, 6.45) is 6.59. The topological polar surface area (TPSA) is 137 Å². The van der Waals surface area contributed by atoms with E-state index in [1.54, 1.807) is 30.5 Å². The van der Waals surface area contributed by atoms with Crippen molar-refractivity contribution >= 4 is 56.9 Å². The van der Waals surface area contributed by atoms with Gasteiger partial charge in [-0.05, 0) is 80.6 Å². The maximum Gasteiger partial charge on any atom is 0.319 e.